The van der Waals surface area contributed by atoms with Crippen molar-refractivity contribution in [3.63, 3.8) is 0 Å². The van der Waals surface area contributed by atoms with Gasteiger partial charge in [0.15, 0.2) is 5.82 Å². The summed E-state index contributed by atoms with van der Waals surface area (Å²) in [5.74, 6) is 0.0158. The first kappa shape index (κ1) is 13.6. The predicted octanol–water partition coefficient (Wildman–Crippen LogP) is 1.58. The summed E-state index contributed by atoms with van der Waals surface area (Å²) in [6.45, 7) is 1.73. The molecule has 1 aromatic heterocycles. The maximum absolute atomic E-state index is 12.0. The Kier molecular flexibility index (Phi) is 3.87. The van der Waals surface area contributed by atoms with Crippen LogP contribution in [0.2, 0.25) is 10.0 Å². The van der Waals surface area contributed by atoms with Crippen LogP contribution in [0.1, 0.15) is 29.1 Å². The third kappa shape index (κ3) is 2.94. The Hall–Kier alpha value is -1.86. The van der Waals surface area contributed by atoms with Crippen LogP contribution in [0.5, 0.6) is 0 Å². The van der Waals surface area contributed by atoms with Crippen LogP contribution < -0.4 is 11.1 Å². The van der Waals surface area contributed by atoms with Crippen molar-refractivity contribution in [1.82, 2.24) is 25.9 Å². The van der Waals surface area contributed by atoms with Crippen molar-refractivity contribution >= 4 is 34.8 Å². The van der Waals surface area contributed by atoms with E-state index in [-0.39, 0.29) is 21.6 Å². The summed E-state index contributed by atoms with van der Waals surface area (Å²) in [7, 11) is 0. The van der Waals surface area contributed by atoms with Crippen LogP contribution in [0.3, 0.4) is 0 Å². The van der Waals surface area contributed by atoms with E-state index in [1.807, 2.05) is 0 Å². The second-order valence-electron chi connectivity index (χ2n) is 3.82. The van der Waals surface area contributed by atoms with Crippen LogP contribution in [0, 0.1) is 0 Å². The van der Waals surface area contributed by atoms with E-state index in [2.05, 4.69) is 25.9 Å². The summed E-state index contributed by atoms with van der Waals surface area (Å²) in [4.78, 5) is 12.0. The fourth-order valence-electron chi connectivity index (χ4n) is 1.41. The molecule has 0 aliphatic heterocycles. The van der Waals surface area contributed by atoms with Gasteiger partial charge in [-0.3, -0.25) is 4.79 Å². The highest BCUT2D eigenvalue weighted by Crippen LogP contribution is 2.28. The second-order valence-corrected chi connectivity index (χ2v) is 4.63. The molecule has 2 aromatic rings. The zero-order valence-corrected chi connectivity index (χ0v) is 11.3. The minimum Gasteiger partial charge on any atom is -0.396 e. The Balaban J connectivity index is 2.16. The number of rotatable bonds is 3. The molecule has 0 saturated heterocycles. The first-order valence-electron chi connectivity index (χ1n) is 5.27. The molecule has 1 amide bonds. The summed E-state index contributed by atoms with van der Waals surface area (Å²) >= 11 is 11.7. The summed E-state index contributed by atoms with van der Waals surface area (Å²) in [5, 5.41) is 16.4. The van der Waals surface area contributed by atoms with Gasteiger partial charge in [-0.1, -0.05) is 28.4 Å². The van der Waals surface area contributed by atoms with E-state index in [4.69, 9.17) is 28.9 Å². The lowest BCUT2D eigenvalue weighted by Crippen LogP contribution is -2.27. The Bertz CT molecular complexity index is 577. The number of nitrogens with zero attached hydrogens (tertiary/aromatic N) is 3. The van der Waals surface area contributed by atoms with E-state index in [1.165, 1.54) is 12.1 Å². The molecule has 1 aromatic carbocycles. The van der Waals surface area contributed by atoms with E-state index >= 15 is 0 Å². The van der Waals surface area contributed by atoms with Crippen LogP contribution in [0.4, 0.5) is 5.69 Å². The van der Waals surface area contributed by atoms with Gasteiger partial charge in [0.05, 0.1) is 21.8 Å². The maximum Gasteiger partial charge on any atom is 0.251 e. The fraction of sp³-hybridized carbons (Fsp3) is 0.200. The van der Waals surface area contributed by atoms with Crippen molar-refractivity contribution in [3.05, 3.63) is 33.6 Å². The maximum atomic E-state index is 12.0. The third-order valence-corrected chi connectivity index (χ3v) is 3.06. The normalized spacial score (nSPS) is 12.2. The number of hydrogen-bond donors (Lipinski definition) is 3. The molecule has 0 spiro atoms. The van der Waals surface area contributed by atoms with Gasteiger partial charge in [-0.2, -0.15) is 5.21 Å². The molecule has 1 unspecified atom stereocenters. The van der Waals surface area contributed by atoms with Gasteiger partial charge in [0, 0.05) is 5.56 Å². The van der Waals surface area contributed by atoms with Gasteiger partial charge in [0.25, 0.3) is 5.91 Å². The smallest absolute Gasteiger partial charge is 0.251 e. The molecule has 100 valence electrons. The number of tetrazole rings is 1. The number of halogens is 2. The number of amides is 1. The van der Waals surface area contributed by atoms with Crippen molar-refractivity contribution in [3.8, 4) is 0 Å². The summed E-state index contributed by atoms with van der Waals surface area (Å²) < 4.78 is 0. The number of nitrogen functional groups attached to an aromatic ring is 1. The first-order chi connectivity index (χ1) is 8.99. The molecule has 1 atom stereocenters. The summed E-state index contributed by atoms with van der Waals surface area (Å²) in [5.41, 5.74) is 6.15. The second kappa shape index (κ2) is 5.41. The third-order valence-electron chi connectivity index (χ3n) is 2.44. The monoisotopic (exact) mass is 300 g/mol. The lowest BCUT2D eigenvalue weighted by molar-refractivity contribution is 0.0938. The minimum absolute atomic E-state index is 0.227. The standard InChI is InChI=1S/C10H10Cl2N6O/c1-4(9-15-17-18-16-9)14-10(19)5-2-6(11)8(13)7(12)3-5/h2-4H,13H2,1H3,(H,14,19)(H,15,16,17,18). The van der Waals surface area contributed by atoms with Gasteiger partial charge in [0.2, 0.25) is 0 Å². The molecule has 0 aliphatic rings. The average Bonchev–Trinajstić information content (AvgIpc) is 2.89. The topological polar surface area (TPSA) is 110 Å². The molecule has 7 nitrogen and oxygen atoms in total. The number of carbonyl (C=O) groups excluding carboxylic acids is 1. The number of aromatic amines is 1. The van der Waals surface area contributed by atoms with E-state index in [0.717, 1.165) is 0 Å². The van der Waals surface area contributed by atoms with Crippen molar-refractivity contribution in [1.29, 1.82) is 0 Å². The molecule has 0 saturated carbocycles. The Morgan fingerprint density at radius 1 is 1.42 bits per heavy atom. The van der Waals surface area contributed by atoms with Crippen LogP contribution >= 0.6 is 23.2 Å². The molecule has 2 rings (SSSR count). The number of aromatic nitrogens is 4. The van der Waals surface area contributed by atoms with Gasteiger partial charge >= 0.3 is 0 Å². The minimum atomic E-state index is -0.402. The number of benzene rings is 1. The molecular weight excluding hydrogens is 291 g/mol. The number of anilines is 1. The molecular formula is C10H10Cl2N6O. The lowest BCUT2D eigenvalue weighted by atomic mass is 10.2. The van der Waals surface area contributed by atoms with Gasteiger partial charge in [-0.25, -0.2) is 0 Å². The first-order valence-corrected chi connectivity index (χ1v) is 6.03. The molecule has 0 aliphatic carbocycles. The molecule has 9 heteroatoms. The molecule has 19 heavy (non-hydrogen) atoms. The zero-order chi connectivity index (χ0) is 14.0. The molecule has 1 heterocycles. The number of hydrogen-bond acceptors (Lipinski definition) is 5. The van der Waals surface area contributed by atoms with Gasteiger partial charge < -0.3 is 11.1 Å². The average molecular weight is 301 g/mol. The largest absolute Gasteiger partial charge is 0.396 e. The summed E-state index contributed by atoms with van der Waals surface area (Å²) in [6, 6.07) is 2.49. The van der Waals surface area contributed by atoms with Crippen LogP contribution in [-0.2, 0) is 0 Å². The van der Waals surface area contributed by atoms with Crippen molar-refractivity contribution < 1.29 is 4.79 Å². The molecule has 0 fully saturated rings. The molecule has 4 N–H and O–H groups in total. The van der Waals surface area contributed by atoms with Gasteiger partial charge in [0.1, 0.15) is 0 Å². The highest BCUT2D eigenvalue weighted by Gasteiger charge is 2.16. The van der Waals surface area contributed by atoms with Crippen LogP contribution in [-0.4, -0.2) is 26.5 Å². The SMILES string of the molecule is CC(NC(=O)c1cc(Cl)c(N)c(Cl)c1)c1nn[nH]n1. The lowest BCUT2D eigenvalue weighted by Gasteiger charge is -2.11. The number of carbonyl (C=O) groups is 1. The number of H-pyrrole nitrogens is 1. The molecule has 0 radical (unpaired) electrons. The van der Waals surface area contributed by atoms with E-state index in [9.17, 15) is 4.79 Å². The highest BCUT2D eigenvalue weighted by atomic mass is 35.5. The van der Waals surface area contributed by atoms with E-state index < -0.39 is 6.04 Å². The highest BCUT2D eigenvalue weighted by molar-refractivity contribution is 6.39. The van der Waals surface area contributed by atoms with Gasteiger partial charge in [-0.15, -0.1) is 10.2 Å². The Morgan fingerprint density at radius 3 is 2.58 bits per heavy atom. The Morgan fingerprint density at radius 2 is 2.05 bits per heavy atom. The van der Waals surface area contributed by atoms with Crippen LogP contribution in [0.25, 0.3) is 0 Å². The van der Waals surface area contributed by atoms with Crippen LogP contribution in [0.15, 0.2) is 12.1 Å². The quantitative estimate of drug-likeness (QED) is 0.746. The fourth-order valence-corrected chi connectivity index (χ4v) is 1.90. The van der Waals surface area contributed by atoms with E-state index in [1.54, 1.807) is 6.92 Å². The van der Waals surface area contributed by atoms with Crippen molar-refractivity contribution in [2.75, 3.05) is 5.73 Å². The predicted molar refractivity (Wildman–Crippen MR) is 70.9 cm³/mol. The number of nitrogens with two attached hydrogens (primary N) is 1. The zero-order valence-electron chi connectivity index (χ0n) is 9.82. The van der Waals surface area contributed by atoms with E-state index in [0.29, 0.717) is 11.4 Å². The van der Waals surface area contributed by atoms with Crippen molar-refractivity contribution in [2.45, 2.75) is 13.0 Å². The van der Waals surface area contributed by atoms with Crippen molar-refractivity contribution in [2.24, 2.45) is 0 Å². The Labute approximate surface area is 118 Å². The number of nitrogens with one attached hydrogen (secondary N) is 2. The summed E-state index contributed by atoms with van der Waals surface area (Å²) in [6.07, 6.45) is 0. The van der Waals surface area contributed by atoms with Gasteiger partial charge in [-0.05, 0) is 19.1 Å². The molecule has 0 bridgehead atoms.